The molecule has 0 aliphatic carbocycles. The standard InChI is InChI=1S/C12H20N2O2S/c1-4-12(5-2,6-3)13-9-10-7-8-11(17-10)14(15)16/h7-8,13H,4-6,9H2,1-3H3. The van der Waals surface area contributed by atoms with Gasteiger partial charge in [-0.25, -0.2) is 0 Å². The van der Waals surface area contributed by atoms with Crippen molar-refractivity contribution in [3.63, 3.8) is 0 Å². The SMILES string of the molecule is CCC(CC)(CC)NCc1ccc([N+](=O)[O-])s1. The zero-order valence-electron chi connectivity index (χ0n) is 10.7. The van der Waals surface area contributed by atoms with Gasteiger partial charge in [0.1, 0.15) is 0 Å². The van der Waals surface area contributed by atoms with Gasteiger partial charge >= 0.3 is 5.00 Å². The molecule has 0 radical (unpaired) electrons. The number of nitrogens with zero attached hydrogens (tertiary/aromatic N) is 1. The number of nitrogens with one attached hydrogen (secondary N) is 1. The van der Waals surface area contributed by atoms with Crippen LogP contribution in [0.3, 0.4) is 0 Å². The lowest BCUT2D eigenvalue weighted by Crippen LogP contribution is -2.42. The van der Waals surface area contributed by atoms with Gasteiger partial charge in [-0.05, 0) is 25.3 Å². The highest BCUT2D eigenvalue weighted by atomic mass is 32.1. The minimum atomic E-state index is -0.332. The van der Waals surface area contributed by atoms with Crippen molar-refractivity contribution in [3.05, 3.63) is 27.1 Å². The minimum Gasteiger partial charge on any atom is -0.306 e. The van der Waals surface area contributed by atoms with Crippen LogP contribution in [0.25, 0.3) is 0 Å². The van der Waals surface area contributed by atoms with Gasteiger partial charge in [0.2, 0.25) is 0 Å². The summed E-state index contributed by atoms with van der Waals surface area (Å²) in [5.41, 5.74) is 0.165. The first-order valence-electron chi connectivity index (χ1n) is 6.05. The van der Waals surface area contributed by atoms with Crippen molar-refractivity contribution >= 4 is 16.3 Å². The topological polar surface area (TPSA) is 55.2 Å². The maximum Gasteiger partial charge on any atom is 0.324 e. The Labute approximate surface area is 106 Å². The normalized spacial score (nSPS) is 11.7. The van der Waals surface area contributed by atoms with Crippen LogP contribution in [0.15, 0.2) is 12.1 Å². The number of rotatable bonds is 7. The Morgan fingerprint density at radius 2 is 1.88 bits per heavy atom. The molecule has 0 amide bonds. The summed E-state index contributed by atoms with van der Waals surface area (Å²) in [7, 11) is 0. The largest absolute Gasteiger partial charge is 0.324 e. The molecule has 0 bridgehead atoms. The van der Waals surface area contributed by atoms with E-state index in [0.29, 0.717) is 6.54 Å². The van der Waals surface area contributed by atoms with Crippen LogP contribution in [0, 0.1) is 10.1 Å². The lowest BCUT2D eigenvalue weighted by Gasteiger charge is -2.31. The second-order valence-corrected chi connectivity index (χ2v) is 5.34. The maximum atomic E-state index is 10.6. The van der Waals surface area contributed by atoms with Crippen LogP contribution in [0.2, 0.25) is 0 Å². The fourth-order valence-electron chi connectivity index (χ4n) is 1.96. The van der Waals surface area contributed by atoms with Crippen molar-refractivity contribution in [2.24, 2.45) is 0 Å². The highest BCUT2D eigenvalue weighted by molar-refractivity contribution is 7.15. The maximum absolute atomic E-state index is 10.6. The molecule has 4 nitrogen and oxygen atoms in total. The Kier molecular flexibility index (Phi) is 5.08. The molecular weight excluding hydrogens is 236 g/mol. The zero-order chi connectivity index (χ0) is 12.9. The minimum absolute atomic E-state index is 0.165. The fourth-order valence-corrected chi connectivity index (χ4v) is 2.72. The summed E-state index contributed by atoms with van der Waals surface area (Å²) in [5.74, 6) is 0. The summed E-state index contributed by atoms with van der Waals surface area (Å²) >= 11 is 1.25. The molecule has 0 atom stereocenters. The van der Waals surface area contributed by atoms with E-state index in [2.05, 4.69) is 26.1 Å². The third kappa shape index (κ3) is 3.51. The molecule has 0 unspecified atom stereocenters. The molecule has 0 aliphatic heterocycles. The third-order valence-corrected chi connectivity index (χ3v) is 4.53. The highest BCUT2D eigenvalue weighted by Gasteiger charge is 2.23. The highest BCUT2D eigenvalue weighted by Crippen LogP contribution is 2.26. The van der Waals surface area contributed by atoms with Gasteiger partial charge in [-0.1, -0.05) is 32.1 Å². The van der Waals surface area contributed by atoms with Gasteiger partial charge in [-0.2, -0.15) is 0 Å². The molecule has 0 aromatic carbocycles. The van der Waals surface area contributed by atoms with Gasteiger partial charge in [-0.15, -0.1) is 0 Å². The smallest absolute Gasteiger partial charge is 0.306 e. The molecule has 96 valence electrons. The Morgan fingerprint density at radius 3 is 2.29 bits per heavy atom. The van der Waals surface area contributed by atoms with E-state index in [1.807, 2.05) is 6.07 Å². The van der Waals surface area contributed by atoms with Gasteiger partial charge in [0, 0.05) is 23.0 Å². The second kappa shape index (κ2) is 6.12. The Bertz CT molecular complexity index is 364. The molecule has 1 aromatic rings. The zero-order valence-corrected chi connectivity index (χ0v) is 11.5. The molecule has 0 fully saturated rings. The van der Waals surface area contributed by atoms with E-state index in [0.717, 1.165) is 24.1 Å². The Hall–Kier alpha value is -0.940. The molecule has 1 N–H and O–H groups in total. The molecule has 0 aliphatic rings. The second-order valence-electron chi connectivity index (χ2n) is 4.19. The Balaban J connectivity index is 2.62. The fraction of sp³-hybridized carbons (Fsp3) is 0.667. The number of hydrogen-bond donors (Lipinski definition) is 1. The van der Waals surface area contributed by atoms with Crippen molar-refractivity contribution in [3.8, 4) is 0 Å². The van der Waals surface area contributed by atoms with Crippen molar-refractivity contribution in [1.82, 2.24) is 5.32 Å². The summed E-state index contributed by atoms with van der Waals surface area (Å²) in [6.45, 7) is 7.25. The molecule has 17 heavy (non-hydrogen) atoms. The first-order chi connectivity index (χ1) is 8.06. The van der Waals surface area contributed by atoms with Crippen LogP contribution in [-0.2, 0) is 6.54 Å². The molecule has 1 aromatic heterocycles. The quantitative estimate of drug-likeness (QED) is 0.597. The molecule has 0 spiro atoms. The average Bonchev–Trinajstić information content (AvgIpc) is 2.81. The van der Waals surface area contributed by atoms with Crippen LogP contribution in [-0.4, -0.2) is 10.5 Å². The van der Waals surface area contributed by atoms with E-state index in [1.165, 1.54) is 11.3 Å². The summed E-state index contributed by atoms with van der Waals surface area (Å²) in [5, 5.41) is 14.3. The Morgan fingerprint density at radius 1 is 1.29 bits per heavy atom. The van der Waals surface area contributed by atoms with E-state index >= 15 is 0 Å². The number of thiophene rings is 1. The van der Waals surface area contributed by atoms with Crippen molar-refractivity contribution in [2.75, 3.05) is 0 Å². The first-order valence-corrected chi connectivity index (χ1v) is 6.86. The lowest BCUT2D eigenvalue weighted by molar-refractivity contribution is -0.380. The van der Waals surface area contributed by atoms with Crippen LogP contribution in [0.1, 0.15) is 44.9 Å². The van der Waals surface area contributed by atoms with Crippen LogP contribution < -0.4 is 5.32 Å². The molecule has 0 saturated heterocycles. The summed E-state index contributed by atoms with van der Waals surface area (Å²) in [4.78, 5) is 11.3. The van der Waals surface area contributed by atoms with Gasteiger partial charge in [0.05, 0.1) is 4.92 Å². The third-order valence-electron chi connectivity index (χ3n) is 3.50. The predicted octanol–water partition coefficient (Wildman–Crippen LogP) is 3.71. The number of nitro groups is 1. The monoisotopic (exact) mass is 256 g/mol. The van der Waals surface area contributed by atoms with Crippen molar-refractivity contribution in [1.29, 1.82) is 0 Å². The van der Waals surface area contributed by atoms with E-state index < -0.39 is 0 Å². The van der Waals surface area contributed by atoms with Crippen molar-refractivity contribution in [2.45, 2.75) is 52.1 Å². The van der Waals surface area contributed by atoms with Crippen LogP contribution in [0.4, 0.5) is 5.00 Å². The van der Waals surface area contributed by atoms with Gasteiger partial charge < -0.3 is 5.32 Å². The van der Waals surface area contributed by atoms with Gasteiger partial charge in [0.25, 0.3) is 0 Å². The molecule has 1 rings (SSSR count). The van der Waals surface area contributed by atoms with E-state index in [1.54, 1.807) is 6.07 Å². The molecular formula is C12H20N2O2S. The average molecular weight is 256 g/mol. The molecule has 5 heteroatoms. The van der Waals surface area contributed by atoms with Crippen LogP contribution >= 0.6 is 11.3 Å². The molecule has 1 heterocycles. The summed E-state index contributed by atoms with van der Waals surface area (Å²) in [6, 6.07) is 3.41. The molecule has 0 saturated carbocycles. The van der Waals surface area contributed by atoms with Crippen LogP contribution in [0.5, 0.6) is 0 Å². The van der Waals surface area contributed by atoms with Gasteiger partial charge in [0.15, 0.2) is 0 Å². The van der Waals surface area contributed by atoms with E-state index in [-0.39, 0.29) is 15.5 Å². The predicted molar refractivity (Wildman–Crippen MR) is 71.4 cm³/mol. The number of hydrogen-bond acceptors (Lipinski definition) is 4. The van der Waals surface area contributed by atoms with Crippen molar-refractivity contribution < 1.29 is 4.92 Å². The summed E-state index contributed by atoms with van der Waals surface area (Å²) in [6.07, 6.45) is 3.23. The first kappa shape index (κ1) is 14.1. The van der Waals surface area contributed by atoms with E-state index in [4.69, 9.17) is 0 Å². The lowest BCUT2D eigenvalue weighted by atomic mass is 9.90. The van der Waals surface area contributed by atoms with Gasteiger partial charge in [-0.3, -0.25) is 10.1 Å². The van der Waals surface area contributed by atoms with E-state index in [9.17, 15) is 10.1 Å². The summed E-state index contributed by atoms with van der Waals surface area (Å²) < 4.78 is 0.